The first-order chi connectivity index (χ1) is 13.2. The van der Waals surface area contributed by atoms with E-state index in [0.29, 0.717) is 6.92 Å². The molecule has 12 heteroatoms. The number of carbonyl (C=O) groups is 1. The smallest absolute Gasteiger partial charge is 0.373 e. The summed E-state index contributed by atoms with van der Waals surface area (Å²) in [6.07, 6.45) is -5.20. The Bertz CT molecular complexity index is 1040. The number of carbonyl (C=O) groups excluding carboxylic acids is 1. The van der Waals surface area contributed by atoms with Crippen LogP contribution in [0.25, 0.3) is 0 Å². The highest BCUT2D eigenvalue weighted by molar-refractivity contribution is 7.93. The zero-order chi connectivity index (χ0) is 22.2. The number of amides is 1. The van der Waals surface area contributed by atoms with Crippen LogP contribution < -0.4 is 9.62 Å². The van der Waals surface area contributed by atoms with Gasteiger partial charge in [-0.3, -0.25) is 9.10 Å². The van der Waals surface area contributed by atoms with Gasteiger partial charge in [0.2, 0.25) is 5.60 Å². The Balaban J connectivity index is 2.32. The second kappa shape index (κ2) is 8.02. The molecule has 0 saturated heterocycles. The maximum Gasteiger partial charge on any atom is 0.426 e. The van der Waals surface area contributed by atoms with Crippen molar-refractivity contribution in [1.82, 2.24) is 0 Å². The minimum absolute atomic E-state index is 0.00344. The van der Waals surface area contributed by atoms with E-state index < -0.39 is 27.7 Å². The van der Waals surface area contributed by atoms with Crippen LogP contribution >= 0.6 is 23.2 Å². The topological polar surface area (TPSA) is 86.7 Å². The van der Waals surface area contributed by atoms with Crippen LogP contribution in [0.15, 0.2) is 47.4 Å². The lowest BCUT2D eigenvalue weighted by molar-refractivity contribution is -0.242. The van der Waals surface area contributed by atoms with Gasteiger partial charge < -0.3 is 10.4 Å². The van der Waals surface area contributed by atoms with E-state index in [0.717, 1.165) is 16.4 Å². The summed E-state index contributed by atoms with van der Waals surface area (Å²) in [5.74, 6) is -1.74. The van der Waals surface area contributed by atoms with Crippen LogP contribution in [-0.4, -0.2) is 38.3 Å². The normalized spacial score (nSPS) is 14.2. The number of alkyl halides is 3. The minimum atomic E-state index is -5.20. The van der Waals surface area contributed by atoms with Crippen molar-refractivity contribution in [3.63, 3.8) is 0 Å². The van der Waals surface area contributed by atoms with E-state index in [4.69, 9.17) is 23.2 Å². The summed E-state index contributed by atoms with van der Waals surface area (Å²) in [5, 5.41) is 11.0. The van der Waals surface area contributed by atoms with Crippen LogP contribution in [0.4, 0.5) is 24.5 Å². The third-order valence-corrected chi connectivity index (χ3v) is 6.63. The van der Waals surface area contributed by atoms with E-state index in [1.54, 1.807) is 6.07 Å². The monoisotopic (exact) mass is 470 g/mol. The standard InChI is InChI=1S/C17H15Cl2F3N2O4S/c1-16(26,17(20,21)22)15(25)23-13-8-7-10(9-12(13)19)24(2)29(27,28)14-6-4-3-5-11(14)18/h3-9,26H,1-2H3,(H,23,25). The first-order valence-corrected chi connectivity index (χ1v) is 10.0. The summed E-state index contributed by atoms with van der Waals surface area (Å²) in [5.41, 5.74) is -3.82. The number of sulfonamides is 1. The van der Waals surface area contributed by atoms with Gasteiger partial charge in [-0.25, -0.2) is 8.42 Å². The first kappa shape index (κ1) is 23.3. The number of nitrogens with one attached hydrogen (secondary N) is 1. The molecule has 6 nitrogen and oxygen atoms in total. The van der Waals surface area contributed by atoms with E-state index in [2.05, 4.69) is 0 Å². The summed E-state index contributed by atoms with van der Waals surface area (Å²) >= 11 is 11.9. The van der Waals surface area contributed by atoms with Crippen molar-refractivity contribution < 1.29 is 31.5 Å². The van der Waals surface area contributed by atoms with Gasteiger partial charge in [-0.2, -0.15) is 13.2 Å². The fourth-order valence-corrected chi connectivity index (χ4v) is 4.02. The van der Waals surface area contributed by atoms with Gasteiger partial charge in [-0.05, 0) is 37.3 Å². The molecule has 0 aliphatic heterocycles. The number of aliphatic hydroxyl groups is 1. The molecule has 29 heavy (non-hydrogen) atoms. The molecule has 2 aromatic rings. The molecule has 0 heterocycles. The van der Waals surface area contributed by atoms with Crippen molar-refractivity contribution in [2.24, 2.45) is 0 Å². The summed E-state index contributed by atoms with van der Waals surface area (Å²) in [7, 11) is -2.82. The average molecular weight is 471 g/mol. The summed E-state index contributed by atoms with van der Waals surface area (Å²) in [6.45, 7) is 0.300. The van der Waals surface area contributed by atoms with Gasteiger partial charge in [-0.15, -0.1) is 0 Å². The van der Waals surface area contributed by atoms with Crippen LogP contribution in [0, 0.1) is 0 Å². The number of nitrogens with zero attached hydrogens (tertiary/aromatic N) is 1. The molecule has 0 saturated carbocycles. The summed E-state index contributed by atoms with van der Waals surface area (Å²) < 4.78 is 64.6. The Hall–Kier alpha value is -2.01. The molecular formula is C17H15Cl2F3N2O4S. The van der Waals surface area contributed by atoms with Crippen LogP contribution in [0.3, 0.4) is 0 Å². The van der Waals surface area contributed by atoms with Gasteiger partial charge in [0.25, 0.3) is 15.9 Å². The van der Waals surface area contributed by atoms with E-state index in [9.17, 15) is 31.5 Å². The van der Waals surface area contributed by atoms with Crippen molar-refractivity contribution in [2.75, 3.05) is 16.7 Å². The third kappa shape index (κ3) is 4.61. The highest BCUT2D eigenvalue weighted by Gasteiger charge is 2.55. The van der Waals surface area contributed by atoms with Gasteiger partial charge in [-0.1, -0.05) is 35.3 Å². The Morgan fingerprint density at radius 1 is 1.10 bits per heavy atom. The number of halogens is 5. The second-order valence-electron chi connectivity index (χ2n) is 6.09. The molecule has 2 rings (SSSR count). The Morgan fingerprint density at radius 2 is 1.69 bits per heavy atom. The fraction of sp³-hybridized carbons (Fsp3) is 0.235. The lowest BCUT2D eigenvalue weighted by Gasteiger charge is -2.25. The second-order valence-corrected chi connectivity index (χ2v) is 8.84. The predicted molar refractivity (Wildman–Crippen MR) is 104 cm³/mol. The predicted octanol–water partition coefficient (Wildman–Crippen LogP) is 4.07. The molecule has 1 unspecified atom stereocenters. The molecule has 0 spiro atoms. The Labute approximate surface area is 174 Å². The molecular weight excluding hydrogens is 456 g/mol. The van der Waals surface area contributed by atoms with Crippen molar-refractivity contribution in [1.29, 1.82) is 0 Å². The number of hydrogen-bond donors (Lipinski definition) is 2. The van der Waals surface area contributed by atoms with Gasteiger partial charge in [0.1, 0.15) is 4.90 Å². The first-order valence-electron chi connectivity index (χ1n) is 7.83. The number of anilines is 2. The maximum atomic E-state index is 12.8. The van der Waals surface area contributed by atoms with Gasteiger partial charge >= 0.3 is 6.18 Å². The van der Waals surface area contributed by atoms with Gasteiger partial charge in [0, 0.05) is 7.05 Å². The fourth-order valence-electron chi connectivity index (χ4n) is 2.11. The molecule has 1 amide bonds. The molecule has 2 N–H and O–H groups in total. The molecule has 2 aromatic carbocycles. The summed E-state index contributed by atoms with van der Waals surface area (Å²) in [4.78, 5) is 11.6. The van der Waals surface area contributed by atoms with Crippen LogP contribution in [0.2, 0.25) is 10.0 Å². The molecule has 0 bridgehead atoms. The van der Waals surface area contributed by atoms with E-state index >= 15 is 0 Å². The van der Waals surface area contributed by atoms with Crippen molar-refractivity contribution in [3.05, 3.63) is 52.5 Å². The average Bonchev–Trinajstić information content (AvgIpc) is 2.61. The van der Waals surface area contributed by atoms with Crippen LogP contribution in [-0.2, 0) is 14.8 Å². The molecule has 0 radical (unpaired) electrons. The van der Waals surface area contributed by atoms with Crippen LogP contribution in [0.1, 0.15) is 6.92 Å². The van der Waals surface area contributed by atoms with E-state index in [-0.39, 0.29) is 26.3 Å². The van der Waals surface area contributed by atoms with E-state index in [1.165, 1.54) is 31.3 Å². The zero-order valence-corrected chi connectivity index (χ0v) is 17.3. The van der Waals surface area contributed by atoms with E-state index in [1.807, 2.05) is 5.32 Å². The van der Waals surface area contributed by atoms with Crippen molar-refractivity contribution >= 4 is 50.5 Å². The zero-order valence-electron chi connectivity index (χ0n) is 15.0. The molecule has 158 valence electrons. The quantitative estimate of drug-likeness (QED) is 0.689. The number of benzene rings is 2. The van der Waals surface area contributed by atoms with Crippen LogP contribution in [0.5, 0.6) is 0 Å². The number of rotatable bonds is 5. The molecule has 0 fully saturated rings. The Kier molecular flexibility index (Phi) is 6.43. The molecule has 1 atom stereocenters. The largest absolute Gasteiger partial charge is 0.426 e. The SMILES string of the molecule is CN(c1ccc(NC(=O)C(C)(O)C(F)(F)F)c(Cl)c1)S(=O)(=O)c1ccccc1Cl. The number of hydrogen-bond acceptors (Lipinski definition) is 4. The molecule has 0 aliphatic carbocycles. The highest BCUT2D eigenvalue weighted by Crippen LogP contribution is 2.34. The third-order valence-electron chi connectivity index (χ3n) is 4.03. The molecule has 0 aliphatic rings. The van der Waals surface area contributed by atoms with Gasteiger partial charge in [0.05, 0.1) is 21.4 Å². The van der Waals surface area contributed by atoms with Crippen molar-refractivity contribution in [3.8, 4) is 0 Å². The highest BCUT2D eigenvalue weighted by atomic mass is 35.5. The Morgan fingerprint density at radius 3 is 2.21 bits per heavy atom. The molecule has 0 aromatic heterocycles. The minimum Gasteiger partial charge on any atom is -0.373 e. The van der Waals surface area contributed by atoms with Gasteiger partial charge in [0.15, 0.2) is 0 Å². The summed E-state index contributed by atoms with van der Waals surface area (Å²) in [6, 6.07) is 9.23. The van der Waals surface area contributed by atoms with Crippen molar-refractivity contribution in [2.45, 2.75) is 23.6 Å². The lowest BCUT2D eigenvalue weighted by atomic mass is 10.1. The lowest BCUT2D eigenvalue weighted by Crippen LogP contribution is -2.52. The maximum absolute atomic E-state index is 12.8.